The van der Waals surface area contributed by atoms with E-state index >= 15 is 0 Å². The Hall–Kier alpha value is -4.46. The highest BCUT2D eigenvalue weighted by Gasteiger charge is 2.50. The van der Waals surface area contributed by atoms with Gasteiger partial charge in [-0.05, 0) is 47.5 Å². The van der Waals surface area contributed by atoms with E-state index in [9.17, 15) is 9.59 Å². The number of carbonyl (C=O) groups excluding carboxylic acids is 2. The lowest BCUT2D eigenvalue weighted by Gasteiger charge is -2.27. The molecule has 0 spiro atoms. The number of hydrogen-bond donors (Lipinski definition) is 0. The van der Waals surface area contributed by atoms with E-state index in [2.05, 4.69) is 0 Å². The quantitative estimate of drug-likeness (QED) is 0.701. The normalized spacial score (nSPS) is 16.9. The molecule has 2 aromatic rings. The Bertz CT molecular complexity index is 1340. The molecule has 6 rings (SSSR count). The summed E-state index contributed by atoms with van der Waals surface area (Å²) in [5.41, 5.74) is 4.93. The van der Waals surface area contributed by atoms with Crippen molar-refractivity contribution in [3.05, 3.63) is 70.1 Å². The number of ether oxygens (including phenoxy) is 4. The maximum absolute atomic E-state index is 13.7. The summed E-state index contributed by atoms with van der Waals surface area (Å²) in [5, 5.41) is 0. The third kappa shape index (κ3) is 2.42. The average molecular weight is 456 g/mol. The third-order valence-corrected chi connectivity index (χ3v) is 6.50. The lowest BCUT2D eigenvalue weighted by Crippen LogP contribution is -2.26. The van der Waals surface area contributed by atoms with Gasteiger partial charge in [0.2, 0.25) is 0 Å². The number of fused-ring (bicyclic) bond motifs is 7. The molecule has 0 N–H and O–H groups in total. The summed E-state index contributed by atoms with van der Waals surface area (Å²) in [6.45, 7) is 0. The molecule has 0 aliphatic carbocycles. The largest absolute Gasteiger partial charge is 0.493 e. The number of methoxy groups -OCH3 is 4. The summed E-state index contributed by atoms with van der Waals surface area (Å²) in [7, 11) is 6.24. The van der Waals surface area contributed by atoms with Gasteiger partial charge in [0.05, 0.1) is 51.0 Å². The molecule has 4 aliphatic rings. The van der Waals surface area contributed by atoms with Gasteiger partial charge in [0.15, 0.2) is 23.0 Å². The molecule has 170 valence electrons. The maximum atomic E-state index is 13.7. The fourth-order valence-electron chi connectivity index (χ4n) is 4.94. The van der Waals surface area contributed by atoms with Crippen molar-refractivity contribution in [2.24, 2.45) is 0 Å². The third-order valence-electron chi connectivity index (χ3n) is 6.50. The van der Waals surface area contributed by atoms with Crippen molar-refractivity contribution in [1.82, 2.24) is 9.80 Å². The zero-order valence-electron chi connectivity index (χ0n) is 19.0. The van der Waals surface area contributed by atoms with Crippen molar-refractivity contribution in [3.63, 3.8) is 0 Å². The fraction of sp³-hybridized carbons (Fsp3) is 0.154. The highest BCUT2D eigenvalue weighted by atomic mass is 16.5. The number of nitrogens with zero attached hydrogens (tertiary/aromatic N) is 2. The first-order valence-electron chi connectivity index (χ1n) is 10.6. The summed E-state index contributed by atoms with van der Waals surface area (Å²) in [4.78, 5) is 30.4. The Morgan fingerprint density at radius 1 is 0.559 bits per heavy atom. The summed E-state index contributed by atoms with van der Waals surface area (Å²) in [6.07, 6.45) is 7.04. The standard InChI is InChI=1S/C26H20N2O6/c1-31-17-9-13-5-7-27-23(15(13)11-19(17)33-3)21-22(26(27)30)24-16-12-20(34-4)18(32-2)10-14(16)6-8-28(24)25(21)29/h5-12H,1-4H3. The van der Waals surface area contributed by atoms with Gasteiger partial charge in [0, 0.05) is 23.5 Å². The topological polar surface area (TPSA) is 77.5 Å². The number of amides is 2. The fourth-order valence-corrected chi connectivity index (χ4v) is 4.94. The van der Waals surface area contributed by atoms with Gasteiger partial charge < -0.3 is 18.9 Å². The van der Waals surface area contributed by atoms with Crippen LogP contribution >= 0.6 is 0 Å². The predicted octanol–water partition coefficient (Wildman–Crippen LogP) is 3.50. The van der Waals surface area contributed by atoms with Crippen molar-refractivity contribution in [1.29, 1.82) is 0 Å². The number of hydrogen-bond acceptors (Lipinski definition) is 6. The molecule has 0 radical (unpaired) electrons. The lowest BCUT2D eigenvalue weighted by molar-refractivity contribution is -0.122. The zero-order chi connectivity index (χ0) is 23.7. The Morgan fingerprint density at radius 2 is 0.912 bits per heavy atom. The van der Waals surface area contributed by atoms with Gasteiger partial charge in [-0.25, -0.2) is 0 Å². The molecule has 2 aromatic carbocycles. The van der Waals surface area contributed by atoms with E-state index < -0.39 is 0 Å². The van der Waals surface area contributed by atoms with Crippen LogP contribution in [-0.4, -0.2) is 50.1 Å². The summed E-state index contributed by atoms with van der Waals surface area (Å²) in [6, 6.07) is 7.28. The van der Waals surface area contributed by atoms with Crippen molar-refractivity contribution < 1.29 is 28.5 Å². The summed E-state index contributed by atoms with van der Waals surface area (Å²) >= 11 is 0. The lowest BCUT2D eigenvalue weighted by atomic mass is 9.95. The molecule has 0 saturated carbocycles. The minimum atomic E-state index is -0.261. The van der Waals surface area contributed by atoms with Gasteiger partial charge >= 0.3 is 0 Å². The van der Waals surface area contributed by atoms with E-state index in [1.54, 1.807) is 53.0 Å². The van der Waals surface area contributed by atoms with Crippen LogP contribution in [0.15, 0.2) is 47.8 Å². The highest BCUT2D eigenvalue weighted by Crippen LogP contribution is 2.52. The summed E-state index contributed by atoms with van der Waals surface area (Å²) in [5.74, 6) is 1.65. The first kappa shape index (κ1) is 20.2. The van der Waals surface area contributed by atoms with E-state index in [0.29, 0.717) is 45.5 Å². The molecule has 0 saturated heterocycles. The van der Waals surface area contributed by atoms with Gasteiger partial charge in [-0.2, -0.15) is 0 Å². The molecular formula is C26H20N2O6. The van der Waals surface area contributed by atoms with Crippen LogP contribution in [-0.2, 0) is 9.59 Å². The molecule has 0 unspecified atom stereocenters. The molecule has 0 aromatic heterocycles. The van der Waals surface area contributed by atoms with Gasteiger partial charge in [-0.15, -0.1) is 0 Å². The minimum Gasteiger partial charge on any atom is -0.493 e. The minimum absolute atomic E-state index is 0.261. The maximum Gasteiger partial charge on any atom is 0.265 e. The average Bonchev–Trinajstić information content (AvgIpc) is 3.34. The van der Waals surface area contributed by atoms with Crippen molar-refractivity contribution >= 4 is 35.4 Å². The van der Waals surface area contributed by atoms with Gasteiger partial charge in [-0.1, -0.05) is 0 Å². The first-order chi connectivity index (χ1) is 16.5. The Morgan fingerprint density at radius 3 is 1.26 bits per heavy atom. The molecule has 8 heteroatoms. The van der Waals surface area contributed by atoms with E-state index in [4.69, 9.17) is 18.9 Å². The smallest absolute Gasteiger partial charge is 0.265 e. The Labute approximate surface area is 195 Å². The second-order valence-corrected chi connectivity index (χ2v) is 8.02. The van der Waals surface area contributed by atoms with Crippen LogP contribution in [0.4, 0.5) is 0 Å². The molecular weight excluding hydrogens is 436 g/mol. The molecule has 0 bridgehead atoms. The molecule has 34 heavy (non-hydrogen) atoms. The zero-order valence-corrected chi connectivity index (χ0v) is 19.0. The predicted molar refractivity (Wildman–Crippen MR) is 125 cm³/mol. The molecule has 2 amide bonds. The van der Waals surface area contributed by atoms with Crippen LogP contribution in [0, 0.1) is 0 Å². The van der Waals surface area contributed by atoms with Crippen molar-refractivity contribution in [2.45, 2.75) is 0 Å². The number of carbonyl (C=O) groups is 2. The molecule has 0 fully saturated rings. The Balaban J connectivity index is 1.63. The van der Waals surface area contributed by atoms with E-state index in [1.165, 1.54) is 9.80 Å². The van der Waals surface area contributed by atoms with Gasteiger partial charge in [0.1, 0.15) is 0 Å². The van der Waals surface area contributed by atoms with E-state index in [0.717, 1.165) is 22.3 Å². The Kier molecular flexibility index (Phi) is 4.16. The summed E-state index contributed by atoms with van der Waals surface area (Å²) < 4.78 is 21.8. The van der Waals surface area contributed by atoms with Crippen LogP contribution in [0.2, 0.25) is 0 Å². The van der Waals surface area contributed by atoms with Crippen LogP contribution in [0.5, 0.6) is 23.0 Å². The van der Waals surface area contributed by atoms with Crippen LogP contribution in [0.3, 0.4) is 0 Å². The number of rotatable bonds is 4. The van der Waals surface area contributed by atoms with Crippen molar-refractivity contribution in [3.8, 4) is 23.0 Å². The SMILES string of the molecule is COc1cc2c(cc1OC)C1=C3C(=O)N4C=Cc5cc(OC)c(OC)cc5C4=C3C(=O)N1C=C2. The first-order valence-corrected chi connectivity index (χ1v) is 10.6. The number of benzene rings is 2. The van der Waals surface area contributed by atoms with E-state index in [1.807, 2.05) is 24.3 Å². The second-order valence-electron chi connectivity index (χ2n) is 8.02. The van der Waals surface area contributed by atoms with E-state index in [-0.39, 0.29) is 11.8 Å². The van der Waals surface area contributed by atoms with Gasteiger partial charge in [-0.3, -0.25) is 19.4 Å². The van der Waals surface area contributed by atoms with Gasteiger partial charge in [0.25, 0.3) is 11.8 Å². The second kappa shape index (κ2) is 7.02. The molecule has 0 atom stereocenters. The molecule has 4 aliphatic heterocycles. The van der Waals surface area contributed by atoms with Crippen molar-refractivity contribution in [2.75, 3.05) is 28.4 Å². The molecule has 4 heterocycles. The van der Waals surface area contributed by atoms with Crippen LogP contribution in [0.1, 0.15) is 22.3 Å². The van der Waals surface area contributed by atoms with Crippen LogP contribution < -0.4 is 18.9 Å². The highest BCUT2D eigenvalue weighted by molar-refractivity contribution is 6.32. The van der Waals surface area contributed by atoms with Crippen LogP contribution in [0.25, 0.3) is 23.5 Å². The molecule has 8 nitrogen and oxygen atoms in total. The monoisotopic (exact) mass is 456 g/mol.